The zero-order valence-electron chi connectivity index (χ0n) is 12.3. The van der Waals surface area contributed by atoms with Crippen LogP contribution in [0.2, 0.25) is 0 Å². The number of nitrogens with zero attached hydrogens (tertiary/aromatic N) is 1. The molecule has 1 unspecified atom stereocenters. The fourth-order valence-corrected chi connectivity index (χ4v) is 4.42. The smallest absolute Gasteiger partial charge is 0.0354 e. The molecule has 2 aromatic heterocycles. The van der Waals surface area contributed by atoms with E-state index in [1.54, 1.807) is 0 Å². The lowest BCUT2D eigenvalue weighted by Crippen LogP contribution is -2.36. The molecule has 1 aliphatic rings. The van der Waals surface area contributed by atoms with E-state index in [1.807, 2.05) is 22.7 Å². The first kappa shape index (κ1) is 16.8. The van der Waals surface area contributed by atoms with Crippen molar-refractivity contribution in [1.82, 2.24) is 4.90 Å². The third-order valence-corrected chi connectivity index (χ3v) is 5.75. The zero-order valence-corrected chi connectivity index (χ0v) is 14.8. The predicted molar refractivity (Wildman–Crippen MR) is 97.9 cm³/mol. The number of piperidine rings is 1. The molecule has 0 radical (unpaired) electrons. The first-order valence-electron chi connectivity index (χ1n) is 7.38. The Hall–Kier alpha value is -0.610. The molecular formula is C17H22ClNS2. The first-order valence-corrected chi connectivity index (χ1v) is 9.14. The number of rotatable bonds is 4. The molecule has 0 aromatic carbocycles. The molecule has 2 aromatic rings. The second-order valence-electron chi connectivity index (χ2n) is 5.37. The molecule has 114 valence electrons. The maximum atomic E-state index is 2.62. The van der Waals surface area contributed by atoms with E-state index >= 15 is 0 Å². The summed E-state index contributed by atoms with van der Waals surface area (Å²) in [5, 5.41) is 4.34. The normalized spacial score (nSPS) is 17.0. The molecule has 3 heterocycles. The summed E-state index contributed by atoms with van der Waals surface area (Å²) in [6.07, 6.45) is 6.57. The van der Waals surface area contributed by atoms with Crippen LogP contribution in [-0.4, -0.2) is 24.0 Å². The van der Waals surface area contributed by atoms with Crippen molar-refractivity contribution < 1.29 is 0 Å². The Morgan fingerprint density at radius 1 is 1.05 bits per heavy atom. The van der Waals surface area contributed by atoms with Crippen LogP contribution in [-0.2, 0) is 0 Å². The number of halogens is 1. The highest BCUT2D eigenvalue weighted by Crippen LogP contribution is 2.31. The van der Waals surface area contributed by atoms with Gasteiger partial charge in [-0.3, -0.25) is 4.90 Å². The third kappa shape index (κ3) is 4.19. The van der Waals surface area contributed by atoms with Crippen LogP contribution in [0.4, 0.5) is 0 Å². The molecule has 4 heteroatoms. The Balaban J connectivity index is 0.00000161. The fourth-order valence-electron chi connectivity index (χ4n) is 2.82. The molecule has 1 atom stereocenters. The minimum absolute atomic E-state index is 0. The van der Waals surface area contributed by atoms with Gasteiger partial charge in [0.05, 0.1) is 0 Å². The van der Waals surface area contributed by atoms with Gasteiger partial charge in [-0.25, -0.2) is 0 Å². The van der Waals surface area contributed by atoms with Gasteiger partial charge in [-0.2, -0.15) is 0 Å². The second kappa shape index (κ2) is 8.14. The summed E-state index contributed by atoms with van der Waals surface area (Å²) in [7, 11) is 0. The molecule has 3 rings (SSSR count). The van der Waals surface area contributed by atoms with Crippen LogP contribution in [0, 0.1) is 0 Å². The van der Waals surface area contributed by atoms with Crippen molar-refractivity contribution >= 4 is 40.7 Å². The summed E-state index contributed by atoms with van der Waals surface area (Å²) in [6, 6.07) is 9.28. The molecule has 0 N–H and O–H groups in total. The van der Waals surface area contributed by atoms with E-state index in [2.05, 4.69) is 52.9 Å². The van der Waals surface area contributed by atoms with E-state index in [0.717, 1.165) is 0 Å². The minimum Gasteiger partial charge on any atom is -0.297 e. The van der Waals surface area contributed by atoms with Crippen molar-refractivity contribution in [1.29, 1.82) is 0 Å². The SMILES string of the molecule is CC(C=C(c1cccs1)c1cccs1)N1CCCCC1.Cl. The van der Waals surface area contributed by atoms with Crippen molar-refractivity contribution in [3.8, 4) is 0 Å². The Kier molecular flexibility index (Phi) is 6.49. The van der Waals surface area contributed by atoms with Crippen molar-refractivity contribution in [3.05, 3.63) is 50.9 Å². The van der Waals surface area contributed by atoms with Crippen LogP contribution in [0.1, 0.15) is 35.9 Å². The number of hydrogen-bond acceptors (Lipinski definition) is 3. The van der Waals surface area contributed by atoms with Gasteiger partial charge < -0.3 is 0 Å². The molecule has 0 aliphatic carbocycles. The lowest BCUT2D eigenvalue weighted by atomic mass is 10.1. The standard InChI is InChI=1S/C17H21NS2.ClH/c1-14(18-9-3-2-4-10-18)13-15(16-7-5-11-19-16)17-8-6-12-20-17;/h5-8,11-14H,2-4,9-10H2,1H3;1H. The minimum atomic E-state index is 0. The number of hydrogen-bond donors (Lipinski definition) is 0. The molecule has 0 saturated carbocycles. The van der Waals surface area contributed by atoms with Gasteiger partial charge in [-0.05, 0) is 55.7 Å². The number of thiophene rings is 2. The van der Waals surface area contributed by atoms with E-state index in [4.69, 9.17) is 0 Å². The summed E-state index contributed by atoms with van der Waals surface area (Å²) >= 11 is 3.68. The second-order valence-corrected chi connectivity index (χ2v) is 7.27. The van der Waals surface area contributed by atoms with Gasteiger partial charge in [-0.1, -0.05) is 24.6 Å². The summed E-state index contributed by atoms with van der Waals surface area (Å²) < 4.78 is 0. The molecule has 1 fully saturated rings. The highest BCUT2D eigenvalue weighted by Gasteiger charge is 2.17. The molecule has 1 nitrogen and oxygen atoms in total. The Morgan fingerprint density at radius 3 is 2.10 bits per heavy atom. The van der Waals surface area contributed by atoms with Gasteiger partial charge in [0.1, 0.15) is 0 Å². The van der Waals surface area contributed by atoms with Crippen molar-refractivity contribution in [3.63, 3.8) is 0 Å². The van der Waals surface area contributed by atoms with E-state index < -0.39 is 0 Å². The van der Waals surface area contributed by atoms with Crippen LogP contribution in [0.3, 0.4) is 0 Å². The van der Waals surface area contributed by atoms with Crippen LogP contribution in [0.5, 0.6) is 0 Å². The first-order chi connectivity index (χ1) is 9.84. The molecular weight excluding hydrogens is 318 g/mol. The van der Waals surface area contributed by atoms with Gasteiger partial charge in [0.25, 0.3) is 0 Å². The predicted octanol–water partition coefficient (Wildman–Crippen LogP) is 5.54. The van der Waals surface area contributed by atoms with Gasteiger partial charge in [0.2, 0.25) is 0 Å². The summed E-state index contributed by atoms with van der Waals surface area (Å²) in [5.41, 5.74) is 1.41. The molecule has 0 spiro atoms. The molecule has 0 bridgehead atoms. The zero-order chi connectivity index (χ0) is 13.8. The van der Waals surface area contributed by atoms with E-state index in [0.29, 0.717) is 6.04 Å². The number of likely N-dealkylation sites (tertiary alicyclic amines) is 1. The van der Waals surface area contributed by atoms with E-state index in [1.165, 1.54) is 47.7 Å². The molecule has 1 aliphatic heterocycles. The highest BCUT2D eigenvalue weighted by molar-refractivity contribution is 7.13. The lowest BCUT2D eigenvalue weighted by Gasteiger charge is -2.31. The quantitative estimate of drug-likeness (QED) is 0.707. The molecule has 21 heavy (non-hydrogen) atoms. The van der Waals surface area contributed by atoms with Crippen molar-refractivity contribution in [2.75, 3.05) is 13.1 Å². The van der Waals surface area contributed by atoms with Gasteiger partial charge in [0, 0.05) is 21.4 Å². The summed E-state index contributed by atoms with van der Waals surface area (Å²) in [5.74, 6) is 0. The maximum absolute atomic E-state index is 2.62. The average Bonchev–Trinajstić information content (AvgIpc) is 3.19. The lowest BCUT2D eigenvalue weighted by molar-refractivity contribution is 0.201. The van der Waals surface area contributed by atoms with Crippen LogP contribution in [0.25, 0.3) is 5.57 Å². The van der Waals surface area contributed by atoms with E-state index in [-0.39, 0.29) is 12.4 Å². The monoisotopic (exact) mass is 339 g/mol. The Bertz CT molecular complexity index is 503. The van der Waals surface area contributed by atoms with Crippen molar-refractivity contribution in [2.24, 2.45) is 0 Å². The molecule has 1 saturated heterocycles. The summed E-state index contributed by atoms with van der Waals surface area (Å²) in [4.78, 5) is 5.39. The summed E-state index contributed by atoms with van der Waals surface area (Å²) in [6.45, 7) is 4.84. The largest absolute Gasteiger partial charge is 0.297 e. The molecule has 0 amide bonds. The van der Waals surface area contributed by atoms with Gasteiger partial charge in [0.15, 0.2) is 0 Å². The Labute approximate surface area is 141 Å². The average molecular weight is 340 g/mol. The van der Waals surface area contributed by atoms with Crippen molar-refractivity contribution in [2.45, 2.75) is 32.2 Å². The van der Waals surface area contributed by atoms with Crippen LogP contribution in [0.15, 0.2) is 41.1 Å². The third-order valence-electron chi connectivity index (χ3n) is 3.95. The Morgan fingerprint density at radius 2 is 1.62 bits per heavy atom. The fraction of sp³-hybridized carbons (Fsp3) is 0.412. The van der Waals surface area contributed by atoms with Crippen LogP contribution < -0.4 is 0 Å². The highest BCUT2D eigenvalue weighted by atomic mass is 35.5. The van der Waals surface area contributed by atoms with Gasteiger partial charge in [-0.15, -0.1) is 35.1 Å². The van der Waals surface area contributed by atoms with Gasteiger partial charge >= 0.3 is 0 Å². The topological polar surface area (TPSA) is 3.24 Å². The maximum Gasteiger partial charge on any atom is 0.0354 e. The van der Waals surface area contributed by atoms with E-state index in [9.17, 15) is 0 Å². The van der Waals surface area contributed by atoms with Crippen LogP contribution >= 0.6 is 35.1 Å².